The van der Waals surface area contributed by atoms with Crippen LogP contribution in [0.4, 0.5) is 5.95 Å². The maximum atomic E-state index is 8.85. The minimum atomic E-state index is 0.204. The number of hydrogen-bond acceptors (Lipinski definition) is 5. The van der Waals surface area contributed by atoms with Crippen molar-refractivity contribution in [2.75, 3.05) is 31.1 Å². The molecule has 0 aliphatic carbocycles. The molecule has 18 heavy (non-hydrogen) atoms. The van der Waals surface area contributed by atoms with E-state index in [9.17, 15) is 0 Å². The predicted octanol–water partition coefficient (Wildman–Crippen LogP) is 1.18. The summed E-state index contributed by atoms with van der Waals surface area (Å²) in [6.45, 7) is 7.89. The lowest BCUT2D eigenvalue weighted by atomic mass is 10.3. The Hall–Kier alpha value is -1.20. The number of aliphatic hydroxyl groups excluding tert-OH is 1. The second-order valence-corrected chi connectivity index (χ2v) is 4.22. The molecule has 0 fully saturated rings. The summed E-state index contributed by atoms with van der Waals surface area (Å²) in [4.78, 5) is 10.8. The van der Waals surface area contributed by atoms with E-state index in [0.717, 1.165) is 50.5 Å². The molecule has 1 rings (SSSR count). The van der Waals surface area contributed by atoms with Crippen LogP contribution in [-0.4, -0.2) is 41.3 Å². The van der Waals surface area contributed by atoms with Gasteiger partial charge in [0.2, 0.25) is 5.95 Å². The zero-order valence-electron chi connectivity index (χ0n) is 11.4. The number of aromatic nitrogens is 2. The fraction of sp³-hybridized carbons (Fsp3) is 0.692. The van der Waals surface area contributed by atoms with E-state index < -0.39 is 0 Å². The normalized spacial score (nSPS) is 10.6. The van der Waals surface area contributed by atoms with E-state index >= 15 is 0 Å². The van der Waals surface area contributed by atoms with Crippen LogP contribution in [-0.2, 0) is 6.54 Å². The Labute approximate surface area is 109 Å². The van der Waals surface area contributed by atoms with Crippen molar-refractivity contribution in [3.05, 3.63) is 18.0 Å². The van der Waals surface area contributed by atoms with Gasteiger partial charge in [0, 0.05) is 44.2 Å². The topological polar surface area (TPSA) is 61.3 Å². The Morgan fingerprint density at radius 2 is 2.00 bits per heavy atom. The first-order valence-corrected chi connectivity index (χ1v) is 6.69. The molecule has 102 valence electrons. The van der Waals surface area contributed by atoms with Crippen molar-refractivity contribution in [1.82, 2.24) is 15.3 Å². The van der Waals surface area contributed by atoms with Crippen molar-refractivity contribution in [2.24, 2.45) is 0 Å². The minimum Gasteiger partial charge on any atom is -0.396 e. The van der Waals surface area contributed by atoms with Crippen LogP contribution >= 0.6 is 0 Å². The van der Waals surface area contributed by atoms with Crippen LogP contribution < -0.4 is 10.2 Å². The maximum Gasteiger partial charge on any atom is 0.225 e. The van der Waals surface area contributed by atoms with Crippen molar-refractivity contribution >= 4 is 5.95 Å². The molecular weight excluding hydrogens is 228 g/mol. The van der Waals surface area contributed by atoms with Gasteiger partial charge in [0.25, 0.3) is 0 Å². The quantitative estimate of drug-likeness (QED) is 0.646. The molecule has 0 amide bonds. The molecule has 0 atom stereocenters. The van der Waals surface area contributed by atoms with Crippen LogP contribution in [0.15, 0.2) is 12.4 Å². The second kappa shape index (κ2) is 8.83. The van der Waals surface area contributed by atoms with Crippen molar-refractivity contribution < 1.29 is 5.11 Å². The van der Waals surface area contributed by atoms with Crippen molar-refractivity contribution in [2.45, 2.75) is 33.2 Å². The van der Waals surface area contributed by atoms with Gasteiger partial charge in [0.1, 0.15) is 0 Å². The van der Waals surface area contributed by atoms with E-state index in [1.54, 1.807) is 0 Å². The first-order valence-electron chi connectivity index (χ1n) is 6.69. The molecule has 1 heterocycles. The summed E-state index contributed by atoms with van der Waals surface area (Å²) in [5.41, 5.74) is 1.10. The third kappa shape index (κ3) is 4.98. The molecule has 0 bridgehead atoms. The Morgan fingerprint density at radius 1 is 1.28 bits per heavy atom. The van der Waals surface area contributed by atoms with E-state index in [4.69, 9.17) is 5.11 Å². The number of nitrogens with zero attached hydrogens (tertiary/aromatic N) is 3. The number of rotatable bonds is 9. The molecule has 2 N–H and O–H groups in total. The first kappa shape index (κ1) is 14.9. The van der Waals surface area contributed by atoms with Gasteiger partial charge in [-0.15, -0.1) is 0 Å². The molecule has 0 aliphatic heterocycles. The Bertz CT molecular complexity index is 315. The van der Waals surface area contributed by atoms with Crippen molar-refractivity contribution in [1.29, 1.82) is 0 Å². The Balaban J connectivity index is 2.51. The van der Waals surface area contributed by atoms with Gasteiger partial charge in [-0.1, -0.05) is 6.92 Å². The van der Waals surface area contributed by atoms with Gasteiger partial charge in [0.05, 0.1) is 0 Å². The van der Waals surface area contributed by atoms with Crippen LogP contribution in [0.25, 0.3) is 0 Å². The molecular formula is C13H24N4O. The van der Waals surface area contributed by atoms with Gasteiger partial charge >= 0.3 is 0 Å². The number of anilines is 1. The molecule has 0 saturated heterocycles. The molecule has 0 saturated carbocycles. The van der Waals surface area contributed by atoms with E-state index in [-0.39, 0.29) is 6.61 Å². The summed E-state index contributed by atoms with van der Waals surface area (Å²) in [5, 5.41) is 12.2. The SMILES string of the molecule is CCCNCc1cnc(N(CC)CCCO)nc1. The molecule has 1 aromatic heterocycles. The fourth-order valence-electron chi connectivity index (χ4n) is 1.67. The highest BCUT2D eigenvalue weighted by Gasteiger charge is 2.06. The molecule has 5 nitrogen and oxygen atoms in total. The van der Waals surface area contributed by atoms with Gasteiger partial charge < -0.3 is 15.3 Å². The average molecular weight is 252 g/mol. The van der Waals surface area contributed by atoms with Gasteiger partial charge in [-0.25, -0.2) is 9.97 Å². The third-order valence-electron chi connectivity index (χ3n) is 2.70. The van der Waals surface area contributed by atoms with Crippen LogP contribution in [0.1, 0.15) is 32.3 Å². The highest BCUT2D eigenvalue weighted by atomic mass is 16.3. The molecule has 5 heteroatoms. The highest BCUT2D eigenvalue weighted by Crippen LogP contribution is 2.07. The third-order valence-corrected chi connectivity index (χ3v) is 2.70. The van der Waals surface area contributed by atoms with Gasteiger partial charge in [0.15, 0.2) is 0 Å². The fourth-order valence-corrected chi connectivity index (χ4v) is 1.67. The standard InChI is InChI=1S/C13H24N4O/c1-3-6-14-9-12-10-15-13(16-11-12)17(4-2)7-5-8-18/h10-11,14,18H,3-9H2,1-2H3. The van der Waals surface area contributed by atoms with E-state index in [1.807, 2.05) is 12.4 Å². The Kier molecular flexibility index (Phi) is 7.29. The second-order valence-electron chi connectivity index (χ2n) is 4.22. The predicted molar refractivity (Wildman–Crippen MR) is 73.6 cm³/mol. The summed E-state index contributed by atoms with van der Waals surface area (Å²) < 4.78 is 0. The van der Waals surface area contributed by atoms with E-state index in [1.165, 1.54) is 0 Å². The molecule has 0 aliphatic rings. The Morgan fingerprint density at radius 3 is 2.56 bits per heavy atom. The highest BCUT2D eigenvalue weighted by molar-refractivity contribution is 5.29. The average Bonchev–Trinajstić information content (AvgIpc) is 2.41. The van der Waals surface area contributed by atoms with Crippen molar-refractivity contribution in [3.63, 3.8) is 0 Å². The lowest BCUT2D eigenvalue weighted by molar-refractivity contribution is 0.289. The molecule has 0 spiro atoms. The van der Waals surface area contributed by atoms with Crippen LogP contribution in [0.3, 0.4) is 0 Å². The summed E-state index contributed by atoms with van der Waals surface area (Å²) in [5.74, 6) is 0.741. The summed E-state index contributed by atoms with van der Waals surface area (Å²) >= 11 is 0. The van der Waals surface area contributed by atoms with Gasteiger partial charge in [-0.2, -0.15) is 0 Å². The number of aliphatic hydroxyl groups is 1. The van der Waals surface area contributed by atoms with E-state index in [0.29, 0.717) is 0 Å². The molecule has 0 unspecified atom stereocenters. The maximum absolute atomic E-state index is 8.85. The minimum absolute atomic E-state index is 0.204. The smallest absolute Gasteiger partial charge is 0.225 e. The largest absolute Gasteiger partial charge is 0.396 e. The monoisotopic (exact) mass is 252 g/mol. The lowest BCUT2D eigenvalue weighted by Crippen LogP contribution is -2.26. The van der Waals surface area contributed by atoms with Crippen molar-refractivity contribution in [3.8, 4) is 0 Å². The van der Waals surface area contributed by atoms with Gasteiger partial charge in [-0.3, -0.25) is 0 Å². The van der Waals surface area contributed by atoms with E-state index in [2.05, 4.69) is 34.0 Å². The number of hydrogen-bond donors (Lipinski definition) is 2. The van der Waals surface area contributed by atoms with Crippen LogP contribution in [0, 0.1) is 0 Å². The van der Waals surface area contributed by atoms with Crippen LogP contribution in [0.5, 0.6) is 0 Å². The summed E-state index contributed by atoms with van der Waals surface area (Å²) in [7, 11) is 0. The lowest BCUT2D eigenvalue weighted by Gasteiger charge is -2.20. The first-order chi connectivity index (χ1) is 8.81. The summed E-state index contributed by atoms with van der Waals surface area (Å²) in [6, 6.07) is 0. The van der Waals surface area contributed by atoms with Crippen LogP contribution in [0.2, 0.25) is 0 Å². The summed E-state index contributed by atoms with van der Waals surface area (Å²) in [6.07, 6.45) is 5.61. The van der Waals surface area contributed by atoms with Gasteiger partial charge in [-0.05, 0) is 26.3 Å². The molecule has 0 aromatic carbocycles. The number of nitrogens with one attached hydrogen (secondary N) is 1. The zero-order valence-corrected chi connectivity index (χ0v) is 11.4. The zero-order chi connectivity index (χ0) is 13.2. The molecule has 0 radical (unpaired) electrons. The molecule has 1 aromatic rings.